The molecule has 3 heterocycles. The topological polar surface area (TPSA) is 350 Å². The maximum atomic E-state index is 13.4. The van der Waals surface area contributed by atoms with Crippen LogP contribution in [0.1, 0.15) is 123 Å². The lowest BCUT2D eigenvalue weighted by Crippen LogP contribution is -2.52. The number of nitrogens with one attached hydrogen (secondary N) is 5. The number of nitrogens with zero attached hydrogens (tertiary/aromatic N) is 3. The summed E-state index contributed by atoms with van der Waals surface area (Å²) in [5.41, 5.74) is 17.5. The highest BCUT2D eigenvalue weighted by atomic mass is 32.2. The summed E-state index contributed by atoms with van der Waals surface area (Å²) in [6.07, 6.45) is 3.24. The fraction of sp³-hybridized carbons (Fsp3) is 0.556. The fourth-order valence-electron chi connectivity index (χ4n) is 10.2. The van der Waals surface area contributed by atoms with E-state index >= 15 is 0 Å². The standard InChI is InChI=1S/C33H46N6O9S2.C21H34N4O4S/c1-19-11-13-23(14-12-19)49(44,45)36-18-27(40)39-16-8-10-26(39)30(41)37-25(31(42)43)9-7-15-35-32(34)38-50(46,47)29-21(3)20(2)28-24(22(29)4)17-33(5,6)48-28;1-12-13(2)19(14(3)16-11-21(5,6)29-18(12)16)30(27,28)25-20(22)24-10-8-9-17(23-7)15(4)26/h11-14,25-26,36H,7-10,15-18H2,1-6H3,(H,37,41)(H,42,43)(H3,34,35,38);17,23H,8-11H2,1-7H3,(H3,22,24,25)/t25-,26-;17-/m00/s1. The zero-order chi connectivity index (χ0) is 60.0. The van der Waals surface area contributed by atoms with Crippen molar-refractivity contribution in [2.75, 3.05) is 33.2 Å². The Hall–Kier alpha value is -6.35. The van der Waals surface area contributed by atoms with Crippen LogP contribution in [-0.4, -0.2) is 133 Å². The zero-order valence-electron chi connectivity index (χ0n) is 48.1. The van der Waals surface area contributed by atoms with Gasteiger partial charge in [0, 0.05) is 43.6 Å². The molecule has 80 heavy (non-hydrogen) atoms. The van der Waals surface area contributed by atoms with Gasteiger partial charge in [-0.1, -0.05) is 17.7 Å². The first-order valence-corrected chi connectivity index (χ1v) is 30.8. The predicted molar refractivity (Wildman–Crippen MR) is 304 cm³/mol. The third-order valence-corrected chi connectivity index (χ3v) is 19.2. The van der Waals surface area contributed by atoms with Crippen molar-refractivity contribution in [3.63, 3.8) is 0 Å². The number of hydrogen-bond donors (Lipinski definition) is 8. The summed E-state index contributed by atoms with van der Waals surface area (Å²) in [7, 11) is -10.3. The number of carbonyl (C=O) groups excluding carboxylic acids is 3. The number of sulfonamides is 3. The van der Waals surface area contributed by atoms with Gasteiger partial charge in [0.15, 0.2) is 0 Å². The molecule has 2 amide bonds. The van der Waals surface area contributed by atoms with E-state index in [9.17, 15) is 49.5 Å². The smallest absolute Gasteiger partial charge is 0.326 e. The molecule has 0 radical (unpaired) electrons. The number of ether oxygens (including phenoxy) is 2. The fourth-order valence-corrected chi connectivity index (χ4v) is 14.2. The van der Waals surface area contributed by atoms with Crippen LogP contribution in [0.3, 0.4) is 0 Å². The maximum absolute atomic E-state index is 13.4. The normalized spacial score (nSPS) is 17.5. The number of carboxylic acids is 1. The van der Waals surface area contributed by atoms with Gasteiger partial charge in [0.1, 0.15) is 40.6 Å². The third kappa shape index (κ3) is 15.6. The van der Waals surface area contributed by atoms with Crippen LogP contribution in [0.15, 0.2) is 48.9 Å². The summed E-state index contributed by atoms with van der Waals surface area (Å²) < 4.78 is 97.4. The van der Waals surface area contributed by atoms with E-state index in [0.29, 0.717) is 66.7 Å². The van der Waals surface area contributed by atoms with Gasteiger partial charge in [0.05, 0.1) is 27.3 Å². The molecule has 3 aromatic carbocycles. The van der Waals surface area contributed by atoms with E-state index in [-0.39, 0.29) is 76.4 Å². The van der Waals surface area contributed by atoms with Gasteiger partial charge in [0.2, 0.25) is 33.8 Å². The van der Waals surface area contributed by atoms with Crippen molar-refractivity contribution < 1.29 is 59.0 Å². The summed E-state index contributed by atoms with van der Waals surface area (Å²) in [4.78, 5) is 59.2. The summed E-state index contributed by atoms with van der Waals surface area (Å²) >= 11 is 0. The molecule has 3 aromatic rings. The highest BCUT2D eigenvalue weighted by molar-refractivity contribution is 7.90. The molecule has 3 atom stereocenters. The molecule has 6 rings (SSSR count). The minimum Gasteiger partial charge on any atom is -0.487 e. The summed E-state index contributed by atoms with van der Waals surface area (Å²) in [6.45, 7) is 21.8. The molecule has 0 spiro atoms. The number of benzene rings is 3. The molecule has 0 saturated carbocycles. The third-order valence-electron chi connectivity index (χ3n) is 14.5. The maximum Gasteiger partial charge on any atom is 0.326 e. The van der Waals surface area contributed by atoms with Gasteiger partial charge in [-0.2, -0.15) is 0 Å². The number of fused-ring (bicyclic) bond motifs is 2. The van der Waals surface area contributed by atoms with Crippen LogP contribution in [-0.2, 0) is 62.1 Å². The van der Waals surface area contributed by atoms with Crippen LogP contribution in [0.25, 0.3) is 0 Å². The van der Waals surface area contributed by atoms with E-state index < -0.39 is 72.1 Å². The first kappa shape index (κ1) is 64.5. The highest BCUT2D eigenvalue weighted by Crippen LogP contribution is 2.45. The minimum absolute atomic E-state index is 0.00140. The van der Waals surface area contributed by atoms with E-state index in [1.54, 1.807) is 46.9 Å². The number of carbonyl (C=O) groups is 4. The molecule has 26 heteroatoms. The number of aliphatic imine (C=N–C) groups is 2. The van der Waals surface area contributed by atoms with E-state index in [1.807, 2.05) is 48.5 Å². The Kier molecular flexibility index (Phi) is 20.6. The Morgan fingerprint density at radius 2 is 1.15 bits per heavy atom. The van der Waals surface area contributed by atoms with Crippen molar-refractivity contribution in [3.05, 3.63) is 74.3 Å². The second-order valence-corrected chi connectivity index (χ2v) is 26.9. The predicted octanol–water partition coefficient (Wildman–Crippen LogP) is 3.42. The Bertz CT molecular complexity index is 3290. The summed E-state index contributed by atoms with van der Waals surface area (Å²) in [5, 5.41) is 15.2. The van der Waals surface area contributed by atoms with Crippen molar-refractivity contribution >= 4 is 65.6 Å². The van der Waals surface area contributed by atoms with Crippen molar-refractivity contribution in [1.82, 2.24) is 29.7 Å². The number of amides is 2. The second kappa shape index (κ2) is 25.6. The van der Waals surface area contributed by atoms with Crippen LogP contribution in [0.4, 0.5) is 0 Å². The van der Waals surface area contributed by atoms with Crippen molar-refractivity contribution in [1.29, 1.82) is 0 Å². The number of hydrogen-bond acceptors (Lipinski definition) is 15. The minimum atomic E-state index is -4.12. The molecule has 0 unspecified atom stereocenters. The van der Waals surface area contributed by atoms with Gasteiger partial charge < -0.3 is 41.6 Å². The molecule has 0 aliphatic carbocycles. The lowest BCUT2D eigenvalue weighted by Gasteiger charge is -2.25. The molecular formula is C54H80N10O13S3. The van der Waals surface area contributed by atoms with Crippen LogP contribution in [0.2, 0.25) is 0 Å². The van der Waals surface area contributed by atoms with Gasteiger partial charge in [-0.3, -0.25) is 24.4 Å². The molecular weight excluding hydrogens is 1090 g/mol. The van der Waals surface area contributed by atoms with Crippen LogP contribution in [0, 0.1) is 48.5 Å². The number of likely N-dealkylation sites (N-methyl/N-ethyl adjacent to an activating group) is 1. The number of rotatable bonds is 21. The van der Waals surface area contributed by atoms with E-state index in [1.165, 1.54) is 24.0 Å². The van der Waals surface area contributed by atoms with E-state index in [0.717, 1.165) is 33.6 Å². The Morgan fingerprint density at radius 3 is 1.57 bits per heavy atom. The quantitative estimate of drug-likeness (QED) is 0.0430. The van der Waals surface area contributed by atoms with Crippen molar-refractivity contribution in [2.45, 2.75) is 178 Å². The first-order valence-electron chi connectivity index (χ1n) is 26.4. The molecule has 0 bridgehead atoms. The van der Waals surface area contributed by atoms with Gasteiger partial charge in [-0.25, -0.2) is 44.2 Å². The number of aliphatic carboxylic acids is 1. The highest BCUT2D eigenvalue weighted by Gasteiger charge is 2.39. The first-order chi connectivity index (χ1) is 37.0. The van der Waals surface area contributed by atoms with Gasteiger partial charge in [-0.05, 0) is 174 Å². The molecule has 0 aromatic heterocycles. The number of carboxylic acid groups (broad SMARTS) is 1. The number of Topliss-reactive ketones (excluding diaryl/α,β-unsaturated/α-hetero) is 1. The Morgan fingerprint density at radius 1 is 0.700 bits per heavy atom. The molecule has 1 saturated heterocycles. The largest absolute Gasteiger partial charge is 0.487 e. The van der Waals surface area contributed by atoms with Crippen molar-refractivity contribution in [2.24, 2.45) is 21.5 Å². The SMILES string of the molecule is CN[C@@H](CCCN=C(N)NS(=O)(=O)c1c(C)c(C)c2c(c1C)CC(C)(C)O2)C(C)=O.Cc1ccc(S(=O)(=O)NCC(=O)N2CCC[C@H]2C(=O)N[C@@H](CCCN=C(N)NS(=O)(=O)c2c(C)c(C)c3c(c2C)CC(C)(C)O3)C(=O)O)cc1. The zero-order valence-corrected chi connectivity index (χ0v) is 50.5. The monoisotopic (exact) mass is 1170 g/mol. The summed E-state index contributed by atoms with van der Waals surface area (Å²) in [6, 6.07) is 3.59. The number of ketones is 1. The summed E-state index contributed by atoms with van der Waals surface area (Å²) in [5.74, 6) is -1.60. The lowest BCUT2D eigenvalue weighted by molar-refractivity contribution is -0.143. The van der Waals surface area contributed by atoms with Crippen LogP contribution >= 0.6 is 0 Å². The average Bonchev–Trinajstić information content (AvgIpc) is 4.07. The van der Waals surface area contributed by atoms with E-state index in [2.05, 4.69) is 34.8 Å². The van der Waals surface area contributed by atoms with Gasteiger partial charge >= 0.3 is 5.97 Å². The van der Waals surface area contributed by atoms with Crippen LogP contribution in [0.5, 0.6) is 11.5 Å². The van der Waals surface area contributed by atoms with Gasteiger partial charge in [0.25, 0.3) is 20.0 Å². The molecule has 23 nitrogen and oxygen atoms in total. The van der Waals surface area contributed by atoms with Crippen LogP contribution < -0.4 is 45.7 Å². The lowest BCUT2D eigenvalue weighted by atomic mass is 9.94. The Labute approximate surface area is 471 Å². The number of nitrogens with two attached hydrogens (primary N) is 2. The van der Waals surface area contributed by atoms with Crippen molar-refractivity contribution in [3.8, 4) is 11.5 Å². The van der Waals surface area contributed by atoms with Gasteiger partial charge in [-0.15, -0.1) is 0 Å². The molecule has 1 fully saturated rings. The molecule has 3 aliphatic heterocycles. The average molecular weight is 1170 g/mol. The Balaban J connectivity index is 0.000000334. The molecule has 442 valence electrons. The number of guanidine groups is 2. The molecule has 10 N–H and O–H groups in total. The number of likely N-dealkylation sites (tertiary alicyclic amines) is 1. The molecule has 3 aliphatic rings. The second-order valence-electron chi connectivity index (χ2n) is 21.9. The van der Waals surface area contributed by atoms with E-state index in [4.69, 9.17) is 20.9 Å². The number of aryl methyl sites for hydroxylation is 1.